The standard InChI is InChI=1S/C29H25BrN4O4/c1-32-11-13-33(14-12-32)21-5-7-22(8-6-21)34-26(18-3-2-10-31-17-18)25(28(36)29(34)37)27(35)24-16-19-15-20(30)4-9-23(19)38-24/h2-10,15-17,26,36H,11-14H2,1H3. The van der Waals surface area contributed by atoms with E-state index >= 15 is 0 Å². The average Bonchev–Trinajstić information content (AvgIpc) is 3.47. The third-order valence-electron chi connectivity index (χ3n) is 7.15. The predicted octanol–water partition coefficient (Wildman–Crippen LogP) is 5.13. The van der Waals surface area contributed by atoms with E-state index in [0.29, 0.717) is 16.8 Å². The van der Waals surface area contributed by atoms with Crippen LogP contribution in [-0.2, 0) is 4.79 Å². The Morgan fingerprint density at radius 2 is 1.76 bits per heavy atom. The number of amides is 1. The van der Waals surface area contributed by atoms with Gasteiger partial charge in [-0.05, 0) is 67.2 Å². The Hall–Kier alpha value is -3.95. The Morgan fingerprint density at radius 3 is 2.47 bits per heavy atom. The SMILES string of the molecule is CN1CCN(c2ccc(N3C(=O)C(O)=C(C(=O)c4cc5cc(Br)ccc5o4)C3c3cccnc3)cc2)CC1. The fourth-order valence-electron chi connectivity index (χ4n) is 5.10. The molecule has 2 aromatic heterocycles. The number of benzene rings is 2. The third-order valence-corrected chi connectivity index (χ3v) is 7.64. The summed E-state index contributed by atoms with van der Waals surface area (Å²) in [4.78, 5) is 37.5. The lowest BCUT2D eigenvalue weighted by molar-refractivity contribution is -0.117. The number of ketones is 1. The molecule has 6 rings (SSSR count). The minimum Gasteiger partial charge on any atom is -0.503 e. The van der Waals surface area contributed by atoms with Crippen LogP contribution in [0.5, 0.6) is 0 Å². The van der Waals surface area contributed by atoms with Gasteiger partial charge in [0.25, 0.3) is 5.91 Å². The van der Waals surface area contributed by atoms with Crippen LogP contribution in [-0.4, -0.2) is 59.9 Å². The number of halogens is 1. The van der Waals surface area contributed by atoms with Crippen LogP contribution in [0.15, 0.2) is 93.3 Å². The number of Topliss-reactive ketones (excluding diaryl/α,β-unsaturated/α-hetero) is 1. The van der Waals surface area contributed by atoms with Gasteiger partial charge in [0.05, 0.1) is 11.6 Å². The van der Waals surface area contributed by atoms with Gasteiger partial charge in [0.2, 0.25) is 5.78 Å². The molecule has 1 saturated heterocycles. The molecule has 2 aromatic carbocycles. The van der Waals surface area contributed by atoms with Gasteiger partial charge in [-0.2, -0.15) is 0 Å². The zero-order chi connectivity index (χ0) is 26.4. The highest BCUT2D eigenvalue weighted by atomic mass is 79.9. The molecule has 0 bridgehead atoms. The van der Waals surface area contributed by atoms with Crippen LogP contribution in [0.3, 0.4) is 0 Å². The van der Waals surface area contributed by atoms with Crippen molar-refractivity contribution in [3.05, 3.63) is 100 Å². The predicted molar refractivity (Wildman–Crippen MR) is 149 cm³/mol. The zero-order valence-corrected chi connectivity index (χ0v) is 22.3. The normalized spacial score (nSPS) is 18.6. The molecule has 1 amide bonds. The molecule has 192 valence electrons. The van der Waals surface area contributed by atoms with Crippen LogP contribution in [0.2, 0.25) is 0 Å². The number of likely N-dealkylation sites (N-methyl/N-ethyl adjacent to an activating group) is 1. The summed E-state index contributed by atoms with van der Waals surface area (Å²) in [5.41, 5.74) is 2.74. The maximum absolute atomic E-state index is 13.8. The molecule has 1 fully saturated rings. The smallest absolute Gasteiger partial charge is 0.294 e. The van der Waals surface area contributed by atoms with Crippen LogP contribution in [0.1, 0.15) is 22.2 Å². The first-order valence-corrected chi connectivity index (χ1v) is 13.1. The molecule has 4 aromatic rings. The minimum atomic E-state index is -0.863. The number of anilines is 2. The van der Waals surface area contributed by atoms with Crippen LogP contribution in [0.4, 0.5) is 11.4 Å². The molecule has 2 aliphatic rings. The van der Waals surface area contributed by atoms with Crippen molar-refractivity contribution in [2.45, 2.75) is 6.04 Å². The third kappa shape index (κ3) is 4.27. The van der Waals surface area contributed by atoms with Crippen LogP contribution < -0.4 is 9.80 Å². The molecule has 0 saturated carbocycles. The highest BCUT2D eigenvalue weighted by Crippen LogP contribution is 2.42. The number of hydrogen-bond donors (Lipinski definition) is 1. The summed E-state index contributed by atoms with van der Waals surface area (Å²) in [6, 6.07) is 17.4. The second-order valence-electron chi connectivity index (χ2n) is 9.55. The van der Waals surface area contributed by atoms with Crippen LogP contribution >= 0.6 is 15.9 Å². The molecule has 1 unspecified atom stereocenters. The van der Waals surface area contributed by atoms with E-state index in [4.69, 9.17) is 4.42 Å². The number of pyridine rings is 1. The van der Waals surface area contributed by atoms with E-state index in [0.717, 1.165) is 41.7 Å². The number of furan rings is 1. The van der Waals surface area contributed by atoms with E-state index in [1.54, 1.807) is 36.7 Å². The Balaban J connectivity index is 1.38. The maximum Gasteiger partial charge on any atom is 0.294 e. The Morgan fingerprint density at radius 1 is 1.03 bits per heavy atom. The second-order valence-corrected chi connectivity index (χ2v) is 10.5. The zero-order valence-electron chi connectivity index (χ0n) is 20.7. The largest absolute Gasteiger partial charge is 0.503 e. The van der Waals surface area contributed by atoms with Gasteiger partial charge < -0.3 is 19.3 Å². The number of carbonyl (C=O) groups is 2. The fraction of sp³-hybridized carbons (Fsp3) is 0.207. The summed E-state index contributed by atoms with van der Waals surface area (Å²) in [7, 11) is 2.11. The average molecular weight is 573 g/mol. The minimum absolute atomic E-state index is 0.0377. The quantitative estimate of drug-likeness (QED) is 0.332. The van der Waals surface area contributed by atoms with E-state index in [1.165, 1.54) is 4.90 Å². The van der Waals surface area contributed by atoms with Gasteiger partial charge in [0.1, 0.15) is 5.58 Å². The molecule has 0 spiro atoms. The van der Waals surface area contributed by atoms with Crippen LogP contribution in [0, 0.1) is 0 Å². The van der Waals surface area contributed by atoms with Gasteiger partial charge in [-0.3, -0.25) is 19.5 Å². The molecule has 1 atom stereocenters. The summed E-state index contributed by atoms with van der Waals surface area (Å²) in [6.45, 7) is 3.81. The molecule has 4 heterocycles. The molecule has 0 aliphatic carbocycles. The van der Waals surface area contributed by atoms with E-state index < -0.39 is 23.5 Å². The summed E-state index contributed by atoms with van der Waals surface area (Å²) in [6.07, 6.45) is 3.23. The Bertz CT molecular complexity index is 1560. The lowest BCUT2D eigenvalue weighted by Crippen LogP contribution is -2.44. The van der Waals surface area contributed by atoms with E-state index in [-0.39, 0.29) is 11.3 Å². The first-order chi connectivity index (χ1) is 18.4. The van der Waals surface area contributed by atoms with Gasteiger partial charge in [-0.15, -0.1) is 0 Å². The number of piperazine rings is 1. The van der Waals surface area contributed by atoms with Gasteiger partial charge in [-0.25, -0.2) is 0 Å². The molecule has 8 nitrogen and oxygen atoms in total. The number of nitrogens with zero attached hydrogens (tertiary/aromatic N) is 4. The lowest BCUT2D eigenvalue weighted by Gasteiger charge is -2.34. The Labute approximate surface area is 227 Å². The van der Waals surface area contributed by atoms with Crippen molar-refractivity contribution < 1.29 is 19.1 Å². The van der Waals surface area contributed by atoms with Gasteiger partial charge in [-0.1, -0.05) is 22.0 Å². The van der Waals surface area contributed by atoms with Crippen molar-refractivity contribution in [1.29, 1.82) is 0 Å². The number of aromatic nitrogens is 1. The monoisotopic (exact) mass is 572 g/mol. The van der Waals surface area contributed by atoms with Gasteiger partial charge in [0, 0.05) is 59.8 Å². The number of carbonyl (C=O) groups excluding carboxylic acids is 2. The summed E-state index contributed by atoms with van der Waals surface area (Å²) >= 11 is 3.43. The lowest BCUT2D eigenvalue weighted by atomic mass is 9.96. The number of aliphatic hydroxyl groups excluding tert-OH is 1. The van der Waals surface area contributed by atoms with Crippen molar-refractivity contribution in [3.8, 4) is 0 Å². The highest BCUT2D eigenvalue weighted by Gasteiger charge is 2.45. The topological polar surface area (TPSA) is 90.1 Å². The van der Waals surface area contributed by atoms with Gasteiger partial charge >= 0.3 is 0 Å². The highest BCUT2D eigenvalue weighted by molar-refractivity contribution is 9.10. The van der Waals surface area contributed by atoms with E-state index in [2.05, 4.69) is 37.8 Å². The summed E-state index contributed by atoms with van der Waals surface area (Å²) in [5.74, 6) is -1.73. The number of fused-ring (bicyclic) bond motifs is 1. The summed E-state index contributed by atoms with van der Waals surface area (Å²) in [5, 5.41) is 11.8. The van der Waals surface area contributed by atoms with E-state index in [1.807, 2.05) is 36.4 Å². The van der Waals surface area contributed by atoms with Crippen molar-refractivity contribution in [2.24, 2.45) is 0 Å². The molecule has 2 aliphatic heterocycles. The van der Waals surface area contributed by atoms with Crippen molar-refractivity contribution >= 4 is 50.0 Å². The molecule has 0 radical (unpaired) electrons. The number of hydrogen-bond acceptors (Lipinski definition) is 7. The van der Waals surface area contributed by atoms with E-state index in [9.17, 15) is 14.7 Å². The Kier molecular flexibility index (Phi) is 6.25. The van der Waals surface area contributed by atoms with Crippen LogP contribution in [0.25, 0.3) is 11.0 Å². The maximum atomic E-state index is 13.8. The first kappa shape index (κ1) is 24.4. The second kappa shape index (κ2) is 9.74. The van der Waals surface area contributed by atoms with Crippen molar-refractivity contribution in [1.82, 2.24) is 9.88 Å². The number of rotatable bonds is 5. The van der Waals surface area contributed by atoms with Crippen molar-refractivity contribution in [3.63, 3.8) is 0 Å². The van der Waals surface area contributed by atoms with Gasteiger partial charge in [0.15, 0.2) is 11.5 Å². The molecule has 1 N–H and O–H groups in total. The fourth-order valence-corrected chi connectivity index (χ4v) is 5.48. The molecular formula is C29H25BrN4O4. The first-order valence-electron chi connectivity index (χ1n) is 12.3. The molecule has 9 heteroatoms. The molecule has 38 heavy (non-hydrogen) atoms. The summed E-state index contributed by atoms with van der Waals surface area (Å²) < 4.78 is 6.68. The van der Waals surface area contributed by atoms with Crippen molar-refractivity contribution in [2.75, 3.05) is 43.0 Å². The molecular weight excluding hydrogens is 548 g/mol. The number of aliphatic hydroxyl groups is 1.